The molecule has 0 radical (unpaired) electrons. The van der Waals surface area contributed by atoms with Gasteiger partial charge in [0.15, 0.2) is 0 Å². The number of nitrogens with two attached hydrogens (primary N) is 1. The Morgan fingerprint density at radius 1 is 1.41 bits per heavy atom. The number of nitrogen functional groups attached to an aromatic ring is 1. The maximum absolute atomic E-state index is 11.0. The first-order chi connectivity index (χ1) is 8.09. The van der Waals surface area contributed by atoms with E-state index in [-0.39, 0.29) is 10.6 Å². The molecule has 1 fully saturated rings. The van der Waals surface area contributed by atoms with Crippen LogP contribution < -0.4 is 10.6 Å². The van der Waals surface area contributed by atoms with E-state index in [1.165, 1.54) is 6.07 Å². The van der Waals surface area contributed by atoms with Crippen molar-refractivity contribution in [2.75, 3.05) is 36.9 Å². The van der Waals surface area contributed by atoms with E-state index in [9.17, 15) is 10.1 Å². The summed E-state index contributed by atoms with van der Waals surface area (Å²) in [5.41, 5.74) is 7.71. The summed E-state index contributed by atoms with van der Waals surface area (Å²) in [4.78, 5) is 12.6. The Kier molecular flexibility index (Phi) is 3.14. The molecule has 0 amide bonds. The zero-order valence-corrected chi connectivity index (χ0v) is 9.68. The zero-order chi connectivity index (χ0) is 12.4. The van der Waals surface area contributed by atoms with Crippen molar-refractivity contribution in [1.82, 2.24) is 0 Å². The molecule has 2 rings (SSSR count). The number of nitro groups is 1. The lowest BCUT2D eigenvalue weighted by molar-refractivity contribution is -0.384. The molecule has 17 heavy (non-hydrogen) atoms. The Hall–Kier alpha value is -1.82. The molecule has 0 aromatic heterocycles. The molecule has 0 bridgehead atoms. The number of nitro benzene ring substituents is 1. The van der Waals surface area contributed by atoms with Crippen LogP contribution in [-0.2, 0) is 4.74 Å². The molecule has 1 saturated heterocycles. The normalized spacial score (nSPS) is 15.9. The van der Waals surface area contributed by atoms with Crippen LogP contribution in [-0.4, -0.2) is 31.2 Å². The molecule has 1 heterocycles. The third kappa shape index (κ3) is 2.31. The van der Waals surface area contributed by atoms with Crippen LogP contribution in [0.2, 0.25) is 0 Å². The molecule has 2 N–H and O–H groups in total. The monoisotopic (exact) mass is 237 g/mol. The molecule has 1 aromatic carbocycles. The van der Waals surface area contributed by atoms with Crippen molar-refractivity contribution in [3.63, 3.8) is 0 Å². The number of hydrogen-bond acceptors (Lipinski definition) is 5. The Morgan fingerprint density at radius 2 is 2.06 bits per heavy atom. The number of benzene rings is 1. The van der Waals surface area contributed by atoms with Crippen LogP contribution in [0.3, 0.4) is 0 Å². The van der Waals surface area contributed by atoms with Gasteiger partial charge in [-0.05, 0) is 18.6 Å². The molecular formula is C11H15N3O3. The highest BCUT2D eigenvalue weighted by atomic mass is 16.6. The minimum absolute atomic E-state index is 0.0648. The van der Waals surface area contributed by atoms with Gasteiger partial charge in [0.2, 0.25) is 0 Å². The number of hydrogen-bond donors (Lipinski definition) is 1. The Bertz CT molecular complexity index is 442. The number of rotatable bonds is 2. The van der Waals surface area contributed by atoms with E-state index >= 15 is 0 Å². The minimum Gasteiger partial charge on any atom is -0.398 e. The molecule has 0 unspecified atom stereocenters. The SMILES string of the molecule is Cc1cc(N2CCOCC2)c([N+](=O)[O-])cc1N. The summed E-state index contributed by atoms with van der Waals surface area (Å²) in [6, 6.07) is 3.21. The average Bonchev–Trinajstić information content (AvgIpc) is 2.33. The number of nitrogens with zero attached hydrogens (tertiary/aromatic N) is 2. The van der Waals surface area contributed by atoms with E-state index in [4.69, 9.17) is 10.5 Å². The molecule has 0 aliphatic carbocycles. The Labute approximate surface area is 99.1 Å². The highest BCUT2D eigenvalue weighted by Crippen LogP contribution is 2.32. The predicted octanol–water partition coefficient (Wildman–Crippen LogP) is 1.32. The first-order valence-electron chi connectivity index (χ1n) is 5.47. The molecular weight excluding hydrogens is 222 g/mol. The largest absolute Gasteiger partial charge is 0.398 e. The highest BCUT2D eigenvalue weighted by Gasteiger charge is 2.22. The van der Waals surface area contributed by atoms with Crippen LogP contribution in [0.25, 0.3) is 0 Å². The quantitative estimate of drug-likeness (QED) is 0.476. The Morgan fingerprint density at radius 3 is 2.65 bits per heavy atom. The lowest BCUT2D eigenvalue weighted by Gasteiger charge is -2.28. The highest BCUT2D eigenvalue weighted by molar-refractivity contribution is 5.71. The van der Waals surface area contributed by atoms with Crippen LogP contribution in [0.5, 0.6) is 0 Å². The number of morpholine rings is 1. The maximum atomic E-state index is 11.0. The summed E-state index contributed by atoms with van der Waals surface area (Å²) in [6.45, 7) is 4.39. The van der Waals surface area contributed by atoms with E-state index < -0.39 is 0 Å². The van der Waals surface area contributed by atoms with Gasteiger partial charge in [0.1, 0.15) is 5.69 Å². The van der Waals surface area contributed by atoms with Crippen LogP contribution >= 0.6 is 0 Å². The standard InChI is InChI=1S/C11H15N3O3/c1-8-6-10(13-2-4-17-5-3-13)11(14(15)16)7-9(8)12/h6-7H,2-5,12H2,1H3. The summed E-state index contributed by atoms with van der Waals surface area (Å²) in [5, 5.41) is 11.0. The second-order valence-corrected chi connectivity index (χ2v) is 4.05. The van der Waals surface area contributed by atoms with E-state index in [0.717, 1.165) is 5.56 Å². The second kappa shape index (κ2) is 4.58. The van der Waals surface area contributed by atoms with E-state index in [0.29, 0.717) is 37.7 Å². The van der Waals surface area contributed by atoms with Crippen molar-refractivity contribution in [3.8, 4) is 0 Å². The van der Waals surface area contributed by atoms with Gasteiger partial charge >= 0.3 is 0 Å². The molecule has 1 aliphatic heterocycles. The van der Waals surface area contributed by atoms with Crippen LogP contribution in [0.1, 0.15) is 5.56 Å². The summed E-state index contributed by atoms with van der Waals surface area (Å²) < 4.78 is 5.24. The van der Waals surface area contributed by atoms with Gasteiger partial charge in [-0.25, -0.2) is 0 Å². The molecule has 92 valence electrons. The van der Waals surface area contributed by atoms with Gasteiger partial charge in [0.25, 0.3) is 5.69 Å². The third-order valence-electron chi connectivity index (χ3n) is 2.91. The second-order valence-electron chi connectivity index (χ2n) is 4.05. The topological polar surface area (TPSA) is 81.6 Å². The molecule has 0 atom stereocenters. The average molecular weight is 237 g/mol. The number of aryl methyl sites for hydroxylation is 1. The van der Waals surface area contributed by atoms with Gasteiger partial charge in [-0.1, -0.05) is 0 Å². The summed E-state index contributed by atoms with van der Waals surface area (Å²) in [5.74, 6) is 0. The zero-order valence-electron chi connectivity index (χ0n) is 9.68. The molecule has 0 spiro atoms. The van der Waals surface area contributed by atoms with Crippen molar-refractivity contribution in [2.24, 2.45) is 0 Å². The minimum atomic E-state index is -0.388. The fraction of sp³-hybridized carbons (Fsp3) is 0.455. The lowest BCUT2D eigenvalue weighted by Crippen LogP contribution is -2.36. The molecule has 0 saturated carbocycles. The van der Waals surface area contributed by atoms with Crippen LogP contribution in [0.15, 0.2) is 12.1 Å². The van der Waals surface area contributed by atoms with Gasteiger partial charge in [0, 0.05) is 24.8 Å². The van der Waals surface area contributed by atoms with Gasteiger partial charge in [-0.2, -0.15) is 0 Å². The summed E-state index contributed by atoms with van der Waals surface area (Å²) in [6.07, 6.45) is 0. The van der Waals surface area contributed by atoms with Crippen molar-refractivity contribution >= 4 is 17.1 Å². The predicted molar refractivity (Wildman–Crippen MR) is 65.3 cm³/mol. The third-order valence-corrected chi connectivity index (χ3v) is 2.91. The van der Waals surface area contributed by atoms with Gasteiger partial charge in [-0.3, -0.25) is 10.1 Å². The first-order valence-corrected chi connectivity index (χ1v) is 5.47. The first kappa shape index (κ1) is 11.7. The molecule has 6 heteroatoms. The number of anilines is 2. The maximum Gasteiger partial charge on any atom is 0.294 e. The van der Waals surface area contributed by atoms with Crippen molar-refractivity contribution in [2.45, 2.75) is 6.92 Å². The fourth-order valence-electron chi connectivity index (χ4n) is 1.90. The molecule has 1 aliphatic rings. The smallest absolute Gasteiger partial charge is 0.294 e. The summed E-state index contributed by atoms with van der Waals surface area (Å²) >= 11 is 0. The van der Waals surface area contributed by atoms with E-state index in [1.54, 1.807) is 6.07 Å². The van der Waals surface area contributed by atoms with Gasteiger partial charge < -0.3 is 15.4 Å². The lowest BCUT2D eigenvalue weighted by atomic mass is 10.1. The molecule has 1 aromatic rings. The van der Waals surface area contributed by atoms with E-state index in [2.05, 4.69) is 0 Å². The van der Waals surface area contributed by atoms with Crippen molar-refractivity contribution < 1.29 is 9.66 Å². The Balaban J connectivity index is 2.42. The van der Waals surface area contributed by atoms with Crippen LogP contribution in [0, 0.1) is 17.0 Å². The van der Waals surface area contributed by atoms with Crippen molar-refractivity contribution in [3.05, 3.63) is 27.8 Å². The number of ether oxygens (including phenoxy) is 1. The summed E-state index contributed by atoms with van der Waals surface area (Å²) in [7, 11) is 0. The van der Waals surface area contributed by atoms with Gasteiger partial charge in [0.05, 0.1) is 18.1 Å². The van der Waals surface area contributed by atoms with E-state index in [1.807, 2.05) is 11.8 Å². The fourth-order valence-corrected chi connectivity index (χ4v) is 1.90. The molecule has 6 nitrogen and oxygen atoms in total. The van der Waals surface area contributed by atoms with Gasteiger partial charge in [-0.15, -0.1) is 0 Å². The van der Waals surface area contributed by atoms with Crippen LogP contribution in [0.4, 0.5) is 17.1 Å². The van der Waals surface area contributed by atoms with Crippen molar-refractivity contribution in [1.29, 1.82) is 0 Å².